The molecule has 3 N–H and O–H groups in total. The summed E-state index contributed by atoms with van der Waals surface area (Å²) >= 11 is 0. The first-order valence-electron chi connectivity index (χ1n) is 11.5. The van der Waals surface area contributed by atoms with E-state index in [0.29, 0.717) is 31.2 Å². The summed E-state index contributed by atoms with van der Waals surface area (Å²) in [6.07, 6.45) is 4.34. The number of rotatable bonds is 8. The fourth-order valence-corrected chi connectivity index (χ4v) is 3.78. The van der Waals surface area contributed by atoms with Gasteiger partial charge in [-0.2, -0.15) is 0 Å². The Bertz CT molecular complexity index is 1060. The number of halogens is 1. The zero-order valence-electron chi connectivity index (χ0n) is 20.3. The van der Waals surface area contributed by atoms with Crippen LogP contribution in [-0.2, 0) is 20.9 Å². The van der Waals surface area contributed by atoms with E-state index in [1.807, 2.05) is 25.7 Å². The van der Waals surface area contributed by atoms with Gasteiger partial charge in [0.2, 0.25) is 5.91 Å². The Kier molecular flexibility index (Phi) is 8.37. The smallest absolute Gasteiger partial charge is 0.316 e. The Morgan fingerprint density at radius 1 is 1.20 bits per heavy atom. The Morgan fingerprint density at radius 2 is 1.86 bits per heavy atom. The number of benzene rings is 1. The maximum atomic E-state index is 15.0. The molecular weight excluding hydrogens is 453 g/mol. The monoisotopic (exact) mass is 485 g/mol. The molecule has 0 unspecified atom stereocenters. The van der Waals surface area contributed by atoms with E-state index in [-0.39, 0.29) is 47.3 Å². The van der Waals surface area contributed by atoms with Crippen LogP contribution in [0, 0.1) is 22.6 Å². The molecule has 1 aliphatic rings. The number of ether oxygens (including phenoxy) is 2. The summed E-state index contributed by atoms with van der Waals surface area (Å²) in [5, 5.41) is 7.11. The van der Waals surface area contributed by atoms with Crippen molar-refractivity contribution < 1.29 is 23.5 Å². The second-order valence-corrected chi connectivity index (χ2v) is 9.69. The number of esters is 1. The van der Waals surface area contributed by atoms with Gasteiger partial charge in [0.05, 0.1) is 6.61 Å². The first-order valence-corrected chi connectivity index (χ1v) is 11.5. The number of nitrogens with one attached hydrogen (secondary N) is 1. The van der Waals surface area contributed by atoms with Crippen LogP contribution in [-0.4, -0.2) is 52.3 Å². The molecule has 0 bridgehead atoms. The van der Waals surface area contributed by atoms with E-state index in [0.717, 1.165) is 12.8 Å². The summed E-state index contributed by atoms with van der Waals surface area (Å²) in [5.41, 5.74) is 5.71. The summed E-state index contributed by atoms with van der Waals surface area (Å²) in [6, 6.07) is 4.95. The van der Waals surface area contributed by atoms with Crippen molar-refractivity contribution in [1.82, 2.24) is 14.9 Å². The lowest BCUT2D eigenvalue weighted by Gasteiger charge is -2.35. The molecule has 1 amide bonds. The number of nitrogens with zero attached hydrogens (tertiary/aromatic N) is 3. The van der Waals surface area contributed by atoms with Crippen molar-refractivity contribution in [1.29, 1.82) is 5.41 Å². The van der Waals surface area contributed by atoms with Gasteiger partial charge >= 0.3 is 12.0 Å². The standard InChI is InChI=1S/C25H32FN5O4/c1-25(2,3)23(33)31-9-7-16(8-10-31)14-35-24-29-12-18(13-30-24)19-6-4-5-17(22(19)26)15-34-21(32)11-20(27)28/h4-6,12-13,16H,7-11,14-15H2,1-3H3,(H3,27,28). The van der Waals surface area contributed by atoms with Crippen LogP contribution in [0.25, 0.3) is 11.1 Å². The fourth-order valence-electron chi connectivity index (χ4n) is 3.78. The van der Waals surface area contributed by atoms with Gasteiger partial charge in [0.15, 0.2) is 0 Å². The highest BCUT2D eigenvalue weighted by molar-refractivity contribution is 5.94. The number of likely N-dealkylation sites (tertiary alicyclic amines) is 1. The molecule has 0 spiro atoms. The number of amidine groups is 1. The number of nitrogens with two attached hydrogens (primary N) is 1. The predicted octanol–water partition coefficient (Wildman–Crippen LogP) is 3.32. The summed E-state index contributed by atoms with van der Waals surface area (Å²) in [7, 11) is 0. The van der Waals surface area contributed by atoms with Crippen LogP contribution >= 0.6 is 0 Å². The zero-order valence-corrected chi connectivity index (χ0v) is 20.3. The SMILES string of the molecule is CC(C)(C)C(=O)N1CCC(COc2ncc(-c3cccc(COC(=O)CC(=N)N)c3F)cn2)CC1. The van der Waals surface area contributed by atoms with Crippen molar-refractivity contribution in [3.8, 4) is 17.1 Å². The van der Waals surface area contributed by atoms with Gasteiger partial charge in [-0.3, -0.25) is 15.0 Å². The van der Waals surface area contributed by atoms with Crippen molar-refractivity contribution in [3.05, 3.63) is 42.0 Å². The summed E-state index contributed by atoms with van der Waals surface area (Å²) in [6.45, 7) is 7.39. The van der Waals surface area contributed by atoms with E-state index in [2.05, 4.69) is 9.97 Å². The van der Waals surface area contributed by atoms with Gasteiger partial charge in [-0.15, -0.1) is 0 Å². The third-order valence-corrected chi connectivity index (χ3v) is 5.73. The van der Waals surface area contributed by atoms with E-state index in [4.69, 9.17) is 20.6 Å². The minimum atomic E-state index is -0.696. The minimum Gasteiger partial charge on any atom is -0.463 e. The van der Waals surface area contributed by atoms with Crippen LogP contribution in [0.5, 0.6) is 6.01 Å². The molecule has 0 radical (unpaired) electrons. The van der Waals surface area contributed by atoms with Crippen LogP contribution in [0.15, 0.2) is 30.6 Å². The van der Waals surface area contributed by atoms with E-state index in [1.54, 1.807) is 12.1 Å². The van der Waals surface area contributed by atoms with Gasteiger partial charge in [-0.1, -0.05) is 39.0 Å². The predicted molar refractivity (Wildman–Crippen MR) is 128 cm³/mol. The Balaban J connectivity index is 1.54. The third-order valence-electron chi connectivity index (χ3n) is 5.73. The zero-order chi connectivity index (χ0) is 25.6. The lowest BCUT2D eigenvalue weighted by atomic mass is 9.91. The van der Waals surface area contributed by atoms with Gasteiger partial charge in [-0.05, 0) is 18.8 Å². The minimum absolute atomic E-state index is 0.168. The normalized spacial score (nSPS) is 14.5. The number of amides is 1. The van der Waals surface area contributed by atoms with Crippen molar-refractivity contribution in [2.75, 3.05) is 19.7 Å². The first kappa shape index (κ1) is 26.1. The van der Waals surface area contributed by atoms with Crippen LogP contribution in [0.1, 0.15) is 45.6 Å². The average Bonchev–Trinajstić information content (AvgIpc) is 2.81. The van der Waals surface area contributed by atoms with Gasteiger partial charge in [0.1, 0.15) is 24.7 Å². The second kappa shape index (κ2) is 11.2. The molecule has 0 atom stereocenters. The Morgan fingerprint density at radius 3 is 2.46 bits per heavy atom. The van der Waals surface area contributed by atoms with Crippen LogP contribution in [0.4, 0.5) is 4.39 Å². The van der Waals surface area contributed by atoms with Gasteiger partial charge in [-0.25, -0.2) is 14.4 Å². The Hall–Kier alpha value is -3.56. The molecule has 3 rings (SSSR count). The molecule has 0 saturated carbocycles. The van der Waals surface area contributed by atoms with E-state index < -0.39 is 11.8 Å². The highest BCUT2D eigenvalue weighted by Gasteiger charge is 2.30. The first-order chi connectivity index (χ1) is 16.5. The topological polar surface area (TPSA) is 131 Å². The maximum absolute atomic E-state index is 15.0. The molecule has 2 aromatic rings. The number of hydrogen-bond donors (Lipinski definition) is 2. The maximum Gasteiger partial charge on any atom is 0.316 e. The second-order valence-electron chi connectivity index (χ2n) is 9.69. The molecule has 35 heavy (non-hydrogen) atoms. The summed E-state index contributed by atoms with van der Waals surface area (Å²) in [5.74, 6) is -1.08. The molecule has 0 aliphatic carbocycles. The van der Waals surface area contributed by atoms with Gasteiger partial charge in [0, 0.05) is 47.6 Å². The molecule has 1 fully saturated rings. The Labute approximate surface area is 204 Å². The van der Waals surface area contributed by atoms with Crippen LogP contribution < -0.4 is 10.5 Å². The third kappa shape index (κ3) is 7.21. The average molecular weight is 486 g/mol. The molecule has 9 nitrogen and oxygen atoms in total. The lowest BCUT2D eigenvalue weighted by molar-refractivity contribution is -0.143. The van der Waals surface area contributed by atoms with E-state index in [9.17, 15) is 14.0 Å². The molecule has 1 saturated heterocycles. The van der Waals surface area contributed by atoms with Crippen molar-refractivity contribution >= 4 is 17.7 Å². The van der Waals surface area contributed by atoms with Crippen LogP contribution in [0.2, 0.25) is 0 Å². The summed E-state index contributed by atoms with van der Waals surface area (Å²) < 4.78 is 25.7. The van der Waals surface area contributed by atoms with Crippen LogP contribution in [0.3, 0.4) is 0 Å². The van der Waals surface area contributed by atoms with E-state index in [1.165, 1.54) is 18.5 Å². The molecule has 1 aromatic heterocycles. The molecule has 1 aliphatic heterocycles. The molecule has 188 valence electrons. The lowest BCUT2D eigenvalue weighted by Crippen LogP contribution is -2.44. The molecule has 2 heterocycles. The van der Waals surface area contributed by atoms with Crippen molar-refractivity contribution in [3.63, 3.8) is 0 Å². The molecule has 10 heteroatoms. The highest BCUT2D eigenvalue weighted by Crippen LogP contribution is 2.26. The number of hydrogen-bond acceptors (Lipinski definition) is 7. The summed E-state index contributed by atoms with van der Waals surface area (Å²) in [4.78, 5) is 34.3. The van der Waals surface area contributed by atoms with Crippen molar-refractivity contribution in [2.24, 2.45) is 17.1 Å². The molecule has 1 aromatic carbocycles. The van der Waals surface area contributed by atoms with E-state index >= 15 is 0 Å². The van der Waals surface area contributed by atoms with Gasteiger partial charge in [0.25, 0.3) is 0 Å². The number of aromatic nitrogens is 2. The fraction of sp³-hybridized carbons (Fsp3) is 0.480. The molecular formula is C25H32FN5O4. The van der Waals surface area contributed by atoms with Crippen molar-refractivity contribution in [2.45, 2.75) is 46.6 Å². The number of carbonyl (C=O) groups is 2. The largest absolute Gasteiger partial charge is 0.463 e. The number of piperidine rings is 1. The van der Waals surface area contributed by atoms with Gasteiger partial charge < -0.3 is 20.1 Å². The quantitative estimate of drug-likeness (QED) is 0.333. The highest BCUT2D eigenvalue weighted by atomic mass is 19.1. The number of carbonyl (C=O) groups excluding carboxylic acids is 2.